The normalized spacial score (nSPS) is 13.0. The van der Waals surface area contributed by atoms with Crippen molar-refractivity contribution in [1.82, 2.24) is 9.38 Å². The van der Waals surface area contributed by atoms with E-state index >= 15 is 0 Å². The standard InChI is InChI=1S/C14H12ClN3O2S/c1-8-11(18-2-3-21-14(18)17-8)6-16-10-5-13-12(4-9(10)15)19-7-20-13/h2-5,16H,6-7H2,1H3. The maximum Gasteiger partial charge on any atom is 0.231 e. The van der Waals surface area contributed by atoms with Crippen LogP contribution in [0.15, 0.2) is 23.7 Å². The Kier molecular flexibility index (Phi) is 2.94. The minimum atomic E-state index is 0.242. The zero-order valence-corrected chi connectivity index (χ0v) is 12.8. The summed E-state index contributed by atoms with van der Waals surface area (Å²) < 4.78 is 12.8. The van der Waals surface area contributed by atoms with E-state index in [4.69, 9.17) is 21.1 Å². The average molecular weight is 322 g/mol. The summed E-state index contributed by atoms with van der Waals surface area (Å²) in [6, 6.07) is 3.64. The first-order valence-electron chi connectivity index (χ1n) is 6.46. The molecule has 0 spiro atoms. The molecule has 0 fully saturated rings. The van der Waals surface area contributed by atoms with E-state index in [-0.39, 0.29) is 6.79 Å². The molecule has 7 heteroatoms. The third-order valence-corrected chi connectivity index (χ3v) is 4.54. The molecule has 108 valence electrons. The molecule has 21 heavy (non-hydrogen) atoms. The first kappa shape index (κ1) is 12.8. The molecule has 0 bridgehead atoms. The molecule has 0 saturated carbocycles. The summed E-state index contributed by atoms with van der Waals surface area (Å²) in [5.74, 6) is 1.40. The van der Waals surface area contributed by atoms with Gasteiger partial charge < -0.3 is 14.8 Å². The molecule has 1 N–H and O–H groups in total. The summed E-state index contributed by atoms with van der Waals surface area (Å²) in [4.78, 5) is 5.53. The van der Waals surface area contributed by atoms with E-state index < -0.39 is 0 Å². The van der Waals surface area contributed by atoms with E-state index in [0.29, 0.717) is 23.1 Å². The van der Waals surface area contributed by atoms with Crippen LogP contribution in [0.5, 0.6) is 11.5 Å². The second kappa shape index (κ2) is 4.82. The van der Waals surface area contributed by atoms with E-state index in [9.17, 15) is 0 Å². The van der Waals surface area contributed by atoms with Crippen LogP contribution in [0.2, 0.25) is 5.02 Å². The molecule has 1 aromatic carbocycles. The number of fused-ring (bicyclic) bond motifs is 2. The van der Waals surface area contributed by atoms with Crippen molar-refractivity contribution >= 4 is 33.6 Å². The molecule has 0 atom stereocenters. The summed E-state index contributed by atoms with van der Waals surface area (Å²) in [5, 5.41) is 5.98. The van der Waals surface area contributed by atoms with E-state index in [1.165, 1.54) is 0 Å². The van der Waals surface area contributed by atoms with Gasteiger partial charge in [0.25, 0.3) is 0 Å². The molecule has 0 radical (unpaired) electrons. The number of rotatable bonds is 3. The molecule has 4 rings (SSSR count). The summed E-state index contributed by atoms with van der Waals surface area (Å²) >= 11 is 7.89. The highest BCUT2D eigenvalue weighted by atomic mass is 35.5. The van der Waals surface area contributed by atoms with Crippen molar-refractivity contribution in [1.29, 1.82) is 0 Å². The van der Waals surface area contributed by atoms with Gasteiger partial charge in [-0.3, -0.25) is 4.40 Å². The lowest BCUT2D eigenvalue weighted by molar-refractivity contribution is 0.174. The monoisotopic (exact) mass is 321 g/mol. The molecule has 0 saturated heterocycles. The number of aryl methyl sites for hydroxylation is 1. The van der Waals surface area contributed by atoms with Crippen molar-refractivity contribution in [3.05, 3.63) is 40.1 Å². The van der Waals surface area contributed by atoms with E-state index in [2.05, 4.69) is 14.7 Å². The Hall–Kier alpha value is -1.92. The van der Waals surface area contributed by atoms with Gasteiger partial charge in [0.15, 0.2) is 16.5 Å². The predicted molar refractivity (Wildman–Crippen MR) is 82.7 cm³/mol. The van der Waals surface area contributed by atoms with Gasteiger partial charge in [0, 0.05) is 23.7 Å². The Morgan fingerprint density at radius 2 is 2.19 bits per heavy atom. The Morgan fingerprint density at radius 1 is 1.38 bits per heavy atom. The van der Waals surface area contributed by atoms with Gasteiger partial charge >= 0.3 is 0 Å². The first-order valence-corrected chi connectivity index (χ1v) is 7.72. The number of benzene rings is 1. The number of ether oxygens (including phenoxy) is 2. The van der Waals surface area contributed by atoms with Gasteiger partial charge in [-0.25, -0.2) is 4.98 Å². The van der Waals surface area contributed by atoms with E-state index in [1.807, 2.05) is 24.6 Å². The third-order valence-electron chi connectivity index (χ3n) is 3.47. The van der Waals surface area contributed by atoms with Gasteiger partial charge in [-0.05, 0) is 6.92 Å². The molecule has 3 aromatic rings. The topological polar surface area (TPSA) is 47.8 Å². The molecular weight excluding hydrogens is 310 g/mol. The SMILES string of the molecule is Cc1nc2sccn2c1CNc1cc2c(cc1Cl)OCO2. The number of anilines is 1. The fourth-order valence-corrected chi connectivity index (χ4v) is 3.38. The molecule has 0 amide bonds. The van der Waals surface area contributed by atoms with Gasteiger partial charge in [-0.2, -0.15) is 0 Å². The average Bonchev–Trinajstić information content (AvgIpc) is 3.13. The molecule has 2 aromatic heterocycles. The van der Waals surface area contributed by atoms with Gasteiger partial charge in [0.1, 0.15) is 0 Å². The number of halogens is 1. The van der Waals surface area contributed by atoms with Crippen LogP contribution in [0, 0.1) is 6.92 Å². The highest BCUT2D eigenvalue weighted by molar-refractivity contribution is 7.15. The van der Waals surface area contributed by atoms with E-state index in [0.717, 1.165) is 22.0 Å². The van der Waals surface area contributed by atoms with Gasteiger partial charge in [0.2, 0.25) is 6.79 Å². The van der Waals surface area contributed by atoms with Crippen LogP contribution in [0.4, 0.5) is 5.69 Å². The minimum Gasteiger partial charge on any atom is -0.454 e. The van der Waals surface area contributed by atoms with E-state index in [1.54, 1.807) is 17.4 Å². The predicted octanol–water partition coefficient (Wildman–Crippen LogP) is 3.70. The molecule has 5 nitrogen and oxygen atoms in total. The lowest BCUT2D eigenvalue weighted by atomic mass is 10.2. The van der Waals surface area contributed by atoms with Gasteiger partial charge in [-0.15, -0.1) is 11.3 Å². The van der Waals surface area contributed by atoms with Crippen molar-refractivity contribution in [2.24, 2.45) is 0 Å². The first-order chi connectivity index (χ1) is 10.2. The van der Waals surface area contributed by atoms with Crippen LogP contribution in [-0.4, -0.2) is 16.2 Å². The van der Waals surface area contributed by atoms with Crippen LogP contribution in [0.1, 0.15) is 11.4 Å². The van der Waals surface area contributed by atoms with Crippen LogP contribution in [-0.2, 0) is 6.54 Å². The van der Waals surface area contributed by atoms with Crippen LogP contribution >= 0.6 is 22.9 Å². The quantitative estimate of drug-likeness (QED) is 0.799. The molecule has 3 heterocycles. The minimum absolute atomic E-state index is 0.242. The lowest BCUT2D eigenvalue weighted by Gasteiger charge is -2.09. The van der Waals surface area contributed by atoms with Crippen molar-refractivity contribution in [3.63, 3.8) is 0 Å². The number of aromatic nitrogens is 2. The maximum absolute atomic E-state index is 6.27. The number of imidazole rings is 1. The fraction of sp³-hybridized carbons (Fsp3) is 0.214. The fourth-order valence-electron chi connectivity index (χ4n) is 2.39. The molecule has 1 aliphatic heterocycles. The number of nitrogens with zero attached hydrogens (tertiary/aromatic N) is 2. The Morgan fingerprint density at radius 3 is 3.05 bits per heavy atom. The highest BCUT2D eigenvalue weighted by Crippen LogP contribution is 2.39. The molecular formula is C14H12ClN3O2S. The van der Waals surface area contributed by atoms with Crippen molar-refractivity contribution in [2.75, 3.05) is 12.1 Å². The largest absolute Gasteiger partial charge is 0.454 e. The summed E-state index contributed by atoms with van der Waals surface area (Å²) in [6.07, 6.45) is 2.03. The second-order valence-corrected chi connectivity index (χ2v) is 6.02. The van der Waals surface area contributed by atoms with Crippen molar-refractivity contribution < 1.29 is 9.47 Å². The number of hydrogen-bond acceptors (Lipinski definition) is 5. The van der Waals surface area contributed by atoms with Crippen LogP contribution in [0.3, 0.4) is 0 Å². The smallest absolute Gasteiger partial charge is 0.231 e. The third kappa shape index (κ3) is 2.11. The lowest BCUT2D eigenvalue weighted by Crippen LogP contribution is -2.04. The molecule has 0 unspecified atom stereocenters. The second-order valence-electron chi connectivity index (χ2n) is 4.74. The van der Waals surface area contributed by atoms with Crippen LogP contribution in [0.25, 0.3) is 4.96 Å². The van der Waals surface area contributed by atoms with Gasteiger partial charge in [0.05, 0.1) is 28.6 Å². The Balaban J connectivity index is 1.62. The molecule has 1 aliphatic rings. The van der Waals surface area contributed by atoms with Crippen LogP contribution < -0.4 is 14.8 Å². The zero-order chi connectivity index (χ0) is 14.4. The van der Waals surface area contributed by atoms with Crippen molar-refractivity contribution in [2.45, 2.75) is 13.5 Å². The number of thiazole rings is 1. The number of nitrogens with one attached hydrogen (secondary N) is 1. The summed E-state index contributed by atoms with van der Waals surface area (Å²) in [7, 11) is 0. The van der Waals surface area contributed by atoms with Gasteiger partial charge in [-0.1, -0.05) is 11.6 Å². The zero-order valence-electron chi connectivity index (χ0n) is 11.2. The Labute approximate surface area is 130 Å². The summed E-state index contributed by atoms with van der Waals surface area (Å²) in [5.41, 5.74) is 2.97. The number of hydrogen-bond donors (Lipinski definition) is 1. The van der Waals surface area contributed by atoms with Crippen molar-refractivity contribution in [3.8, 4) is 11.5 Å². The maximum atomic E-state index is 6.27. The highest BCUT2D eigenvalue weighted by Gasteiger charge is 2.17. The molecule has 0 aliphatic carbocycles. The summed E-state index contributed by atoms with van der Waals surface area (Å²) in [6.45, 7) is 2.90. The Bertz CT molecular complexity index is 827.